The van der Waals surface area contributed by atoms with Crippen molar-refractivity contribution >= 4 is 11.9 Å². The maximum absolute atomic E-state index is 11.8. The van der Waals surface area contributed by atoms with Gasteiger partial charge in [0.2, 0.25) is 0 Å². The van der Waals surface area contributed by atoms with Crippen molar-refractivity contribution in [3.05, 3.63) is 12.2 Å². The topological polar surface area (TPSA) is 76.4 Å². The molecule has 1 aliphatic heterocycles. The molecule has 0 bridgehead atoms. The monoisotopic (exact) mass is 221 g/mol. The average molecular weight is 221 g/mol. The molecule has 0 saturated heterocycles. The lowest BCUT2D eigenvalue weighted by molar-refractivity contribution is -0.201. The number of carbonyl (C=O) groups excluding carboxylic acids is 2. The van der Waals surface area contributed by atoms with Gasteiger partial charge in [-0.15, -0.1) is 0 Å². The Hall–Kier alpha value is -1.83. The number of hydrogen-bond acceptors (Lipinski definition) is 5. The Morgan fingerprint density at radius 3 is 2.94 bits per heavy atom. The van der Waals surface area contributed by atoms with Crippen LogP contribution >= 0.6 is 0 Å². The minimum absolute atomic E-state index is 0.356. The van der Waals surface area contributed by atoms with Gasteiger partial charge in [0.25, 0.3) is 0 Å². The molecule has 1 fully saturated rings. The van der Waals surface area contributed by atoms with Crippen molar-refractivity contribution in [2.45, 2.75) is 19.4 Å². The number of ether oxygens (including phenoxy) is 2. The minimum Gasteiger partial charge on any atom is -0.468 e. The third-order valence-corrected chi connectivity index (χ3v) is 3.53. The fourth-order valence-electron chi connectivity index (χ4n) is 2.46. The summed E-state index contributed by atoms with van der Waals surface area (Å²) in [6, 6.07) is 2.10. The number of carbonyl (C=O) groups is 2. The summed E-state index contributed by atoms with van der Waals surface area (Å²) in [6.07, 6.45) is 2.40. The van der Waals surface area contributed by atoms with E-state index in [0.29, 0.717) is 6.42 Å². The van der Waals surface area contributed by atoms with Crippen LogP contribution in [0.1, 0.15) is 13.3 Å². The van der Waals surface area contributed by atoms with E-state index in [9.17, 15) is 9.59 Å². The smallest absolute Gasteiger partial charge is 0.330 e. The first-order valence-corrected chi connectivity index (χ1v) is 4.90. The summed E-state index contributed by atoms with van der Waals surface area (Å²) >= 11 is 0. The summed E-state index contributed by atoms with van der Waals surface area (Å²) in [5.74, 6) is -1.01. The van der Waals surface area contributed by atoms with Gasteiger partial charge in [-0.05, 0) is 6.92 Å². The van der Waals surface area contributed by atoms with E-state index in [2.05, 4.69) is 6.07 Å². The highest BCUT2D eigenvalue weighted by atomic mass is 16.6. The van der Waals surface area contributed by atoms with Crippen LogP contribution < -0.4 is 0 Å². The second-order valence-electron chi connectivity index (χ2n) is 4.27. The predicted octanol–water partition coefficient (Wildman–Crippen LogP) is 0.561. The Balaban J connectivity index is 2.49. The molecule has 1 heterocycles. The van der Waals surface area contributed by atoms with Gasteiger partial charge in [0.05, 0.1) is 18.6 Å². The van der Waals surface area contributed by atoms with Crippen LogP contribution in [0.15, 0.2) is 12.2 Å². The molecule has 0 unspecified atom stereocenters. The molecule has 5 heteroatoms. The number of esters is 2. The van der Waals surface area contributed by atoms with Crippen molar-refractivity contribution in [1.82, 2.24) is 0 Å². The van der Waals surface area contributed by atoms with E-state index in [1.54, 1.807) is 6.92 Å². The van der Waals surface area contributed by atoms with Crippen molar-refractivity contribution in [3.8, 4) is 6.07 Å². The Morgan fingerprint density at radius 1 is 1.75 bits per heavy atom. The molecular weight excluding hydrogens is 210 g/mol. The lowest BCUT2D eigenvalue weighted by Gasteiger charge is -2.55. The van der Waals surface area contributed by atoms with Gasteiger partial charge in [0.1, 0.15) is 11.5 Å². The largest absolute Gasteiger partial charge is 0.468 e. The molecule has 0 aromatic carbocycles. The van der Waals surface area contributed by atoms with Gasteiger partial charge in [0.15, 0.2) is 0 Å². The zero-order chi connectivity index (χ0) is 12.0. The molecule has 0 aromatic heterocycles. The molecule has 0 radical (unpaired) electrons. The molecule has 0 spiro atoms. The average Bonchev–Trinajstić information content (AvgIpc) is 2.27. The van der Waals surface area contributed by atoms with Crippen molar-refractivity contribution in [3.63, 3.8) is 0 Å². The van der Waals surface area contributed by atoms with Gasteiger partial charge < -0.3 is 9.47 Å². The van der Waals surface area contributed by atoms with Crippen molar-refractivity contribution in [1.29, 1.82) is 5.26 Å². The highest BCUT2D eigenvalue weighted by molar-refractivity contribution is 5.91. The first-order chi connectivity index (χ1) is 7.50. The Kier molecular flexibility index (Phi) is 2.06. The quantitative estimate of drug-likeness (QED) is 0.605. The molecular formula is C11H11NO4. The van der Waals surface area contributed by atoms with Gasteiger partial charge >= 0.3 is 11.9 Å². The molecule has 16 heavy (non-hydrogen) atoms. The molecule has 2 aliphatic rings. The summed E-state index contributed by atoms with van der Waals surface area (Å²) < 4.78 is 9.75. The highest BCUT2D eigenvalue weighted by Crippen LogP contribution is 2.60. The van der Waals surface area contributed by atoms with E-state index in [0.717, 1.165) is 0 Å². The van der Waals surface area contributed by atoms with E-state index in [4.69, 9.17) is 14.7 Å². The Bertz CT molecular complexity index is 436. The minimum atomic E-state index is -1.13. The second-order valence-corrected chi connectivity index (χ2v) is 4.27. The van der Waals surface area contributed by atoms with Crippen LogP contribution in [0, 0.1) is 22.2 Å². The first-order valence-electron chi connectivity index (χ1n) is 4.90. The lowest BCUT2D eigenvalue weighted by atomic mass is 9.48. The lowest BCUT2D eigenvalue weighted by Crippen LogP contribution is -2.65. The van der Waals surface area contributed by atoms with Crippen LogP contribution in [0.3, 0.4) is 0 Å². The molecule has 0 amide bonds. The predicted molar refractivity (Wildman–Crippen MR) is 51.8 cm³/mol. The van der Waals surface area contributed by atoms with Gasteiger partial charge in [-0.2, -0.15) is 5.26 Å². The fourth-order valence-corrected chi connectivity index (χ4v) is 2.46. The number of fused-ring (bicyclic) bond motifs is 1. The number of nitriles is 1. The number of hydrogen-bond donors (Lipinski definition) is 0. The maximum atomic E-state index is 11.8. The SMILES string of the molecule is COC(=O)[C@@]12C=CC(=O)O[C@@H]1C[C@@]2(C)C#N. The van der Waals surface area contributed by atoms with Crippen LogP contribution in [0.25, 0.3) is 0 Å². The fraction of sp³-hybridized carbons (Fsp3) is 0.545. The highest BCUT2D eigenvalue weighted by Gasteiger charge is 2.70. The summed E-state index contributed by atoms with van der Waals surface area (Å²) in [7, 11) is 1.26. The summed E-state index contributed by atoms with van der Waals surface area (Å²) in [5, 5.41) is 9.13. The van der Waals surface area contributed by atoms with Crippen LogP contribution in [-0.2, 0) is 19.1 Å². The zero-order valence-corrected chi connectivity index (χ0v) is 9.02. The zero-order valence-electron chi connectivity index (χ0n) is 9.02. The van der Waals surface area contributed by atoms with E-state index in [1.165, 1.54) is 19.3 Å². The molecule has 0 N–H and O–H groups in total. The molecule has 84 valence electrons. The molecule has 5 nitrogen and oxygen atoms in total. The van der Waals surface area contributed by atoms with Crippen molar-refractivity contribution in [2.24, 2.45) is 10.8 Å². The number of methoxy groups -OCH3 is 1. The van der Waals surface area contributed by atoms with Gasteiger partial charge in [-0.3, -0.25) is 4.79 Å². The third-order valence-electron chi connectivity index (χ3n) is 3.53. The van der Waals surface area contributed by atoms with E-state index in [-0.39, 0.29) is 0 Å². The number of rotatable bonds is 1. The summed E-state index contributed by atoms with van der Waals surface area (Å²) in [4.78, 5) is 22.9. The standard InChI is InChI=1S/C11H11NO4/c1-10(6-12)5-7-11(10,9(14)15-2)4-3-8(13)16-7/h3-4,7H,5H2,1-2H3/t7-,10+,11-/m1/s1. The van der Waals surface area contributed by atoms with Crippen LogP contribution in [-0.4, -0.2) is 25.2 Å². The van der Waals surface area contributed by atoms with Gasteiger partial charge in [-0.1, -0.05) is 6.08 Å². The van der Waals surface area contributed by atoms with Crippen LogP contribution in [0.4, 0.5) is 0 Å². The normalized spacial score (nSPS) is 40.1. The molecule has 0 aromatic rings. The van der Waals surface area contributed by atoms with Crippen molar-refractivity contribution < 1.29 is 19.1 Å². The molecule has 1 aliphatic carbocycles. The second kappa shape index (κ2) is 3.08. The van der Waals surface area contributed by atoms with Gasteiger partial charge in [0, 0.05) is 12.5 Å². The van der Waals surface area contributed by atoms with E-state index >= 15 is 0 Å². The van der Waals surface area contributed by atoms with E-state index in [1.807, 2.05) is 0 Å². The molecule has 1 saturated carbocycles. The van der Waals surface area contributed by atoms with Crippen molar-refractivity contribution in [2.75, 3.05) is 7.11 Å². The Labute approximate surface area is 92.6 Å². The van der Waals surface area contributed by atoms with Crippen LogP contribution in [0.2, 0.25) is 0 Å². The van der Waals surface area contributed by atoms with E-state index < -0.39 is 28.9 Å². The van der Waals surface area contributed by atoms with Gasteiger partial charge in [-0.25, -0.2) is 4.79 Å². The first kappa shape index (κ1) is 10.7. The molecule has 2 rings (SSSR count). The maximum Gasteiger partial charge on any atom is 0.330 e. The molecule has 3 atom stereocenters. The summed E-state index contributed by atoms with van der Waals surface area (Å²) in [6.45, 7) is 1.67. The summed E-state index contributed by atoms with van der Waals surface area (Å²) in [5.41, 5.74) is -2.01. The van der Waals surface area contributed by atoms with Crippen LogP contribution in [0.5, 0.6) is 0 Å². The number of nitrogens with zero attached hydrogens (tertiary/aromatic N) is 1. The Morgan fingerprint density at radius 2 is 2.44 bits per heavy atom. The third kappa shape index (κ3) is 0.990.